The number of rotatable bonds is 10. The minimum Gasteiger partial charge on any atom is -0.493 e. The van der Waals surface area contributed by atoms with E-state index >= 15 is 0 Å². The Labute approximate surface area is 190 Å². The highest BCUT2D eigenvalue weighted by Crippen LogP contribution is 2.34. The van der Waals surface area contributed by atoms with Gasteiger partial charge in [-0.15, -0.1) is 0 Å². The molecule has 2 aromatic carbocycles. The number of esters is 1. The summed E-state index contributed by atoms with van der Waals surface area (Å²) < 4.78 is 40.3. The molecule has 1 aliphatic rings. The van der Waals surface area contributed by atoms with Crippen molar-refractivity contribution in [3.63, 3.8) is 0 Å². The van der Waals surface area contributed by atoms with Crippen LogP contribution in [0, 0.1) is 23.5 Å². The number of carbonyl (C=O) groups excluding carboxylic acids is 1. The SMILES string of the molecule is CCCCCOc1ccc(-c2ccc(OC(=O)[C@H]3CC[C@H](CCC)CC3)cc2F)c(F)c1. The van der Waals surface area contributed by atoms with Gasteiger partial charge in [0, 0.05) is 23.3 Å². The van der Waals surface area contributed by atoms with Crippen molar-refractivity contribution in [2.45, 2.75) is 71.6 Å². The van der Waals surface area contributed by atoms with E-state index in [0.717, 1.165) is 51.0 Å². The maximum absolute atomic E-state index is 14.7. The molecule has 0 saturated heterocycles. The van der Waals surface area contributed by atoms with E-state index in [4.69, 9.17) is 9.47 Å². The van der Waals surface area contributed by atoms with Crippen LogP contribution in [0.5, 0.6) is 11.5 Å². The van der Waals surface area contributed by atoms with Crippen molar-refractivity contribution in [1.29, 1.82) is 0 Å². The summed E-state index contributed by atoms with van der Waals surface area (Å²) in [5.74, 6) is -0.326. The summed E-state index contributed by atoms with van der Waals surface area (Å²) in [6.07, 6.45) is 9.15. The molecule has 0 radical (unpaired) electrons. The monoisotopic (exact) mass is 444 g/mol. The molecule has 32 heavy (non-hydrogen) atoms. The maximum Gasteiger partial charge on any atom is 0.314 e. The largest absolute Gasteiger partial charge is 0.493 e. The lowest BCUT2D eigenvalue weighted by molar-refractivity contribution is -0.140. The number of unbranched alkanes of at least 4 members (excludes halogenated alkanes) is 2. The molecule has 174 valence electrons. The van der Waals surface area contributed by atoms with Crippen LogP contribution in [-0.2, 0) is 4.79 Å². The summed E-state index contributed by atoms with van der Waals surface area (Å²) in [5, 5.41) is 0. The van der Waals surface area contributed by atoms with E-state index in [1.54, 1.807) is 6.07 Å². The Hall–Kier alpha value is -2.43. The van der Waals surface area contributed by atoms with Gasteiger partial charge < -0.3 is 9.47 Å². The van der Waals surface area contributed by atoms with Crippen molar-refractivity contribution in [3.05, 3.63) is 48.0 Å². The first-order valence-corrected chi connectivity index (χ1v) is 12.0. The molecular formula is C27H34F2O3. The normalized spacial score (nSPS) is 18.4. The molecular weight excluding hydrogens is 410 g/mol. The van der Waals surface area contributed by atoms with Gasteiger partial charge in [0.05, 0.1) is 12.5 Å². The zero-order chi connectivity index (χ0) is 22.9. The minimum atomic E-state index is -0.627. The molecule has 3 rings (SSSR count). The predicted molar refractivity (Wildman–Crippen MR) is 123 cm³/mol. The molecule has 0 atom stereocenters. The Bertz CT molecular complexity index is 888. The molecule has 1 aliphatic carbocycles. The number of halogens is 2. The molecule has 5 heteroatoms. The quantitative estimate of drug-likeness (QED) is 0.214. The summed E-state index contributed by atoms with van der Waals surface area (Å²) in [4.78, 5) is 12.5. The lowest BCUT2D eigenvalue weighted by atomic mass is 9.80. The van der Waals surface area contributed by atoms with Crippen LogP contribution >= 0.6 is 0 Å². The van der Waals surface area contributed by atoms with E-state index in [9.17, 15) is 13.6 Å². The summed E-state index contributed by atoms with van der Waals surface area (Å²) in [5.41, 5.74) is 0.274. The third-order valence-electron chi connectivity index (χ3n) is 6.28. The Balaban J connectivity index is 1.61. The van der Waals surface area contributed by atoms with Crippen LogP contribution < -0.4 is 9.47 Å². The first kappa shape index (κ1) is 24.2. The molecule has 0 bridgehead atoms. The lowest BCUT2D eigenvalue weighted by Gasteiger charge is -2.26. The van der Waals surface area contributed by atoms with E-state index in [0.29, 0.717) is 18.3 Å². The van der Waals surface area contributed by atoms with E-state index in [1.165, 1.54) is 37.1 Å². The van der Waals surface area contributed by atoms with Gasteiger partial charge in [0.25, 0.3) is 0 Å². The second kappa shape index (κ2) is 12.0. The molecule has 0 amide bonds. The van der Waals surface area contributed by atoms with Gasteiger partial charge in [-0.1, -0.05) is 39.5 Å². The molecule has 0 unspecified atom stereocenters. The molecule has 0 aromatic heterocycles. The van der Waals surface area contributed by atoms with Crippen LogP contribution in [0.1, 0.15) is 71.6 Å². The zero-order valence-electron chi connectivity index (χ0n) is 19.2. The molecule has 0 N–H and O–H groups in total. The lowest BCUT2D eigenvalue weighted by Crippen LogP contribution is -2.25. The van der Waals surface area contributed by atoms with Crippen LogP contribution in [0.4, 0.5) is 8.78 Å². The molecule has 3 nitrogen and oxygen atoms in total. The van der Waals surface area contributed by atoms with Gasteiger partial charge in [-0.05, 0) is 62.3 Å². The second-order valence-corrected chi connectivity index (χ2v) is 8.77. The van der Waals surface area contributed by atoms with Crippen molar-refractivity contribution in [3.8, 4) is 22.6 Å². The Morgan fingerprint density at radius 2 is 1.50 bits per heavy atom. The first-order valence-electron chi connectivity index (χ1n) is 12.0. The topological polar surface area (TPSA) is 35.5 Å². The Kier molecular flexibility index (Phi) is 9.07. The summed E-state index contributed by atoms with van der Waals surface area (Å²) in [6.45, 7) is 4.82. The van der Waals surface area contributed by atoms with E-state index in [2.05, 4.69) is 13.8 Å². The zero-order valence-corrected chi connectivity index (χ0v) is 19.2. The van der Waals surface area contributed by atoms with Crippen molar-refractivity contribution >= 4 is 5.97 Å². The van der Waals surface area contributed by atoms with Crippen LogP contribution in [0.15, 0.2) is 36.4 Å². The standard InChI is InChI=1S/C27H34F2O3/c1-3-5-6-16-31-21-12-14-23(25(28)17-21)24-15-13-22(18-26(24)29)32-27(30)20-10-8-19(7-4-2)9-11-20/h12-15,17-20H,3-11,16H2,1-2H3/t19-,20-. The van der Waals surface area contributed by atoms with Gasteiger partial charge in [0.2, 0.25) is 0 Å². The number of carbonyl (C=O) groups is 1. The number of benzene rings is 2. The molecule has 1 fully saturated rings. The second-order valence-electron chi connectivity index (χ2n) is 8.77. The van der Waals surface area contributed by atoms with Crippen molar-refractivity contribution in [1.82, 2.24) is 0 Å². The van der Waals surface area contributed by atoms with Gasteiger partial charge in [-0.3, -0.25) is 4.79 Å². The summed E-state index contributed by atoms with van der Waals surface area (Å²) in [6, 6.07) is 8.58. The van der Waals surface area contributed by atoms with Crippen LogP contribution in [-0.4, -0.2) is 12.6 Å². The average molecular weight is 445 g/mol. The molecule has 1 saturated carbocycles. The van der Waals surface area contributed by atoms with Crippen molar-refractivity contribution in [2.75, 3.05) is 6.61 Å². The summed E-state index contributed by atoms with van der Waals surface area (Å²) in [7, 11) is 0. The van der Waals surface area contributed by atoms with Gasteiger partial charge in [-0.2, -0.15) is 0 Å². The highest BCUT2D eigenvalue weighted by atomic mass is 19.1. The van der Waals surface area contributed by atoms with E-state index in [1.807, 2.05) is 0 Å². The maximum atomic E-state index is 14.7. The molecule has 0 spiro atoms. The highest BCUT2D eigenvalue weighted by molar-refractivity contribution is 5.75. The Morgan fingerprint density at radius 1 is 0.875 bits per heavy atom. The van der Waals surface area contributed by atoms with Crippen molar-refractivity contribution < 1.29 is 23.0 Å². The summed E-state index contributed by atoms with van der Waals surface area (Å²) >= 11 is 0. The fourth-order valence-electron chi connectivity index (χ4n) is 4.42. The fourth-order valence-corrected chi connectivity index (χ4v) is 4.42. The molecule has 0 aliphatic heterocycles. The number of hydrogen-bond donors (Lipinski definition) is 0. The van der Waals surface area contributed by atoms with Crippen LogP contribution in [0.3, 0.4) is 0 Å². The molecule has 2 aromatic rings. The van der Waals surface area contributed by atoms with E-state index < -0.39 is 11.6 Å². The highest BCUT2D eigenvalue weighted by Gasteiger charge is 2.27. The van der Waals surface area contributed by atoms with Crippen molar-refractivity contribution in [2.24, 2.45) is 11.8 Å². The van der Waals surface area contributed by atoms with Gasteiger partial charge in [0.15, 0.2) is 0 Å². The smallest absolute Gasteiger partial charge is 0.314 e. The molecule has 0 heterocycles. The minimum absolute atomic E-state index is 0.125. The van der Waals surface area contributed by atoms with Crippen LogP contribution in [0.25, 0.3) is 11.1 Å². The van der Waals surface area contributed by atoms with Gasteiger partial charge >= 0.3 is 5.97 Å². The van der Waals surface area contributed by atoms with Crippen LogP contribution in [0.2, 0.25) is 0 Å². The number of hydrogen-bond acceptors (Lipinski definition) is 3. The van der Waals surface area contributed by atoms with Gasteiger partial charge in [0.1, 0.15) is 23.1 Å². The Morgan fingerprint density at radius 3 is 2.09 bits per heavy atom. The first-order chi connectivity index (χ1) is 15.5. The van der Waals surface area contributed by atoms with Gasteiger partial charge in [-0.25, -0.2) is 8.78 Å². The predicted octanol–water partition coefficient (Wildman–Crippen LogP) is 7.71. The van der Waals surface area contributed by atoms with E-state index in [-0.39, 0.29) is 28.8 Å². The third kappa shape index (κ3) is 6.54. The third-order valence-corrected chi connectivity index (χ3v) is 6.28. The number of ether oxygens (including phenoxy) is 2. The fraction of sp³-hybridized carbons (Fsp3) is 0.519. The average Bonchev–Trinajstić information content (AvgIpc) is 2.78.